The minimum Gasteiger partial charge on any atom is -0.436 e. The zero-order valence-electron chi connectivity index (χ0n) is 18.5. The lowest BCUT2D eigenvalue weighted by Gasteiger charge is -2.11. The van der Waals surface area contributed by atoms with Crippen molar-refractivity contribution in [2.45, 2.75) is 13.5 Å². The maximum absolute atomic E-state index is 14.4. The highest BCUT2D eigenvalue weighted by Crippen LogP contribution is 2.25. The summed E-state index contributed by atoms with van der Waals surface area (Å²) in [6.45, 7) is 1.37. The second-order valence-electron chi connectivity index (χ2n) is 7.92. The lowest BCUT2D eigenvalue weighted by Crippen LogP contribution is -2.22. The molecule has 0 atom stereocenters. The Morgan fingerprint density at radius 3 is 2.66 bits per heavy atom. The van der Waals surface area contributed by atoms with E-state index in [2.05, 4.69) is 15.3 Å². The van der Waals surface area contributed by atoms with E-state index in [1.165, 1.54) is 12.3 Å². The smallest absolute Gasteiger partial charge is 0.261 e. The van der Waals surface area contributed by atoms with Crippen LogP contribution in [-0.4, -0.2) is 16.0 Å². The molecule has 2 N–H and O–H groups in total. The summed E-state index contributed by atoms with van der Waals surface area (Å²) in [5.41, 5.74) is 1.44. The van der Waals surface area contributed by atoms with Crippen LogP contribution in [0.5, 0.6) is 0 Å². The number of aryl methyl sites for hydroxylation is 1. The van der Waals surface area contributed by atoms with Crippen molar-refractivity contribution in [3.05, 3.63) is 107 Å². The molecule has 0 saturated carbocycles. The van der Waals surface area contributed by atoms with Crippen LogP contribution in [0, 0.1) is 18.6 Å². The molecule has 0 aliphatic rings. The number of aliphatic hydroxyl groups excluding tert-OH is 1. The normalized spacial score (nSPS) is 11.8. The summed E-state index contributed by atoms with van der Waals surface area (Å²) >= 11 is 0. The Morgan fingerprint density at radius 1 is 1.06 bits per heavy atom. The molecule has 8 heteroatoms. The summed E-state index contributed by atoms with van der Waals surface area (Å²) < 4.78 is 33.7. The third-order valence-electron chi connectivity index (χ3n) is 5.64. The number of aromatic nitrogens is 1. The van der Waals surface area contributed by atoms with Gasteiger partial charge in [-0.25, -0.2) is 13.8 Å². The number of amides is 1. The van der Waals surface area contributed by atoms with Gasteiger partial charge < -0.3 is 14.8 Å². The number of hydrogen-bond acceptors (Lipinski definition) is 5. The van der Waals surface area contributed by atoms with Gasteiger partial charge in [0.2, 0.25) is 5.55 Å². The monoisotopic (exact) mass is 471 g/mol. The third-order valence-corrected chi connectivity index (χ3v) is 5.64. The van der Waals surface area contributed by atoms with Crippen LogP contribution >= 0.6 is 0 Å². The zero-order chi connectivity index (χ0) is 24.5. The molecule has 0 fully saturated rings. The van der Waals surface area contributed by atoms with Crippen molar-refractivity contribution >= 4 is 39.0 Å². The molecular formula is C27H19F2N3O3. The van der Waals surface area contributed by atoms with Crippen molar-refractivity contribution in [2.24, 2.45) is 4.99 Å². The van der Waals surface area contributed by atoms with Crippen LogP contribution in [0.2, 0.25) is 0 Å². The van der Waals surface area contributed by atoms with Crippen LogP contribution < -0.4 is 10.9 Å². The third kappa shape index (κ3) is 4.27. The van der Waals surface area contributed by atoms with E-state index < -0.39 is 17.5 Å². The molecule has 174 valence electrons. The Hall–Kier alpha value is -4.43. The van der Waals surface area contributed by atoms with Crippen molar-refractivity contribution < 1.29 is 23.1 Å². The number of anilines is 1. The van der Waals surface area contributed by atoms with Gasteiger partial charge in [-0.15, -0.1) is 0 Å². The summed E-state index contributed by atoms with van der Waals surface area (Å²) in [5.74, 6) is -2.20. The number of carbonyl (C=O) groups is 1. The van der Waals surface area contributed by atoms with Gasteiger partial charge in [-0.2, -0.15) is 0 Å². The Bertz CT molecular complexity index is 1670. The Morgan fingerprint density at radius 2 is 1.86 bits per heavy atom. The molecule has 0 aliphatic carbocycles. The number of carbonyl (C=O) groups excluding carboxylic acids is 1. The molecule has 2 heterocycles. The van der Waals surface area contributed by atoms with Crippen LogP contribution in [0.25, 0.3) is 21.7 Å². The van der Waals surface area contributed by atoms with Crippen LogP contribution in [0.3, 0.4) is 0 Å². The summed E-state index contributed by atoms with van der Waals surface area (Å²) in [5, 5.41) is 14.9. The van der Waals surface area contributed by atoms with E-state index in [4.69, 9.17) is 4.42 Å². The van der Waals surface area contributed by atoms with Crippen molar-refractivity contribution in [1.29, 1.82) is 0 Å². The van der Waals surface area contributed by atoms with Crippen LogP contribution in [0.1, 0.15) is 21.6 Å². The van der Waals surface area contributed by atoms with E-state index in [0.29, 0.717) is 34.0 Å². The SMILES string of the molecule is Cc1ncc(CO)c2cc(C(=O)Nc3cccc4ccccc34)c(=Nc3ccc(F)cc3F)oc12. The molecule has 2 aromatic heterocycles. The number of rotatable bonds is 4. The number of benzene rings is 3. The lowest BCUT2D eigenvalue weighted by atomic mass is 10.1. The molecule has 0 spiro atoms. The molecule has 35 heavy (non-hydrogen) atoms. The minimum atomic E-state index is -0.903. The molecular weight excluding hydrogens is 452 g/mol. The van der Waals surface area contributed by atoms with Gasteiger partial charge in [-0.1, -0.05) is 36.4 Å². The number of halogens is 2. The largest absolute Gasteiger partial charge is 0.436 e. The number of aliphatic hydroxyl groups is 1. The predicted octanol–water partition coefficient (Wildman–Crippen LogP) is 5.54. The van der Waals surface area contributed by atoms with E-state index in [1.54, 1.807) is 13.0 Å². The highest BCUT2D eigenvalue weighted by molar-refractivity contribution is 6.10. The predicted molar refractivity (Wildman–Crippen MR) is 128 cm³/mol. The van der Waals surface area contributed by atoms with Gasteiger partial charge in [-0.05, 0) is 36.6 Å². The topological polar surface area (TPSA) is 87.7 Å². The maximum Gasteiger partial charge on any atom is 0.261 e. The van der Waals surface area contributed by atoms with Gasteiger partial charge in [0.1, 0.15) is 17.1 Å². The average Bonchev–Trinajstić information content (AvgIpc) is 2.86. The minimum absolute atomic E-state index is 0.00876. The summed E-state index contributed by atoms with van der Waals surface area (Å²) in [6.07, 6.45) is 1.50. The molecule has 6 nitrogen and oxygen atoms in total. The van der Waals surface area contributed by atoms with Crippen molar-refractivity contribution in [1.82, 2.24) is 4.98 Å². The van der Waals surface area contributed by atoms with Gasteiger partial charge >= 0.3 is 0 Å². The van der Waals surface area contributed by atoms with E-state index in [9.17, 15) is 18.7 Å². The highest BCUT2D eigenvalue weighted by atomic mass is 19.1. The second kappa shape index (κ2) is 9.08. The molecule has 1 amide bonds. The standard InChI is InChI=1S/C27H19F2N3O3/c1-15-25-20(17(14-33)13-30-15)12-21(27(35-25)32-24-10-9-18(28)11-22(24)29)26(34)31-23-8-4-6-16-5-2-3-7-19(16)23/h2-13,33H,14H2,1H3,(H,31,34). The molecule has 0 saturated heterocycles. The van der Waals surface area contributed by atoms with Crippen molar-refractivity contribution in [3.63, 3.8) is 0 Å². The Labute approximate surface area is 198 Å². The maximum atomic E-state index is 14.4. The van der Waals surface area contributed by atoms with E-state index in [0.717, 1.165) is 22.9 Å². The summed E-state index contributed by atoms with van der Waals surface area (Å²) in [6, 6.07) is 17.5. The molecule has 5 rings (SSSR count). The second-order valence-corrected chi connectivity index (χ2v) is 7.92. The number of nitrogens with zero attached hydrogens (tertiary/aromatic N) is 2. The fourth-order valence-corrected chi connectivity index (χ4v) is 3.87. The quantitative estimate of drug-likeness (QED) is 0.360. The number of pyridine rings is 1. The Kier molecular flexibility index (Phi) is 5.80. The fraction of sp³-hybridized carbons (Fsp3) is 0.0741. The summed E-state index contributed by atoms with van der Waals surface area (Å²) in [4.78, 5) is 21.9. The zero-order valence-corrected chi connectivity index (χ0v) is 18.5. The Balaban J connectivity index is 1.72. The van der Waals surface area contributed by atoms with Crippen LogP contribution in [-0.2, 0) is 6.61 Å². The molecule has 5 aromatic rings. The van der Waals surface area contributed by atoms with E-state index in [-0.39, 0.29) is 23.4 Å². The van der Waals surface area contributed by atoms with Crippen LogP contribution in [0.15, 0.2) is 82.3 Å². The molecule has 0 radical (unpaired) electrons. The number of fused-ring (bicyclic) bond motifs is 2. The highest BCUT2D eigenvalue weighted by Gasteiger charge is 2.18. The van der Waals surface area contributed by atoms with Gasteiger partial charge in [0.25, 0.3) is 5.91 Å². The first-order valence-corrected chi connectivity index (χ1v) is 10.8. The molecule has 3 aromatic carbocycles. The number of nitrogens with one attached hydrogen (secondary N) is 1. The van der Waals surface area contributed by atoms with Gasteiger partial charge in [-0.3, -0.25) is 9.78 Å². The lowest BCUT2D eigenvalue weighted by molar-refractivity contribution is 0.102. The first kappa shape index (κ1) is 22.4. The first-order chi connectivity index (χ1) is 16.9. The molecule has 0 unspecified atom stereocenters. The molecule has 0 bridgehead atoms. The van der Waals surface area contributed by atoms with E-state index in [1.807, 2.05) is 36.4 Å². The molecule has 0 aliphatic heterocycles. The van der Waals surface area contributed by atoms with Gasteiger partial charge in [0, 0.05) is 34.3 Å². The number of hydrogen-bond donors (Lipinski definition) is 2. The van der Waals surface area contributed by atoms with E-state index >= 15 is 0 Å². The van der Waals surface area contributed by atoms with Crippen molar-refractivity contribution in [2.75, 3.05) is 5.32 Å². The average molecular weight is 471 g/mol. The fourth-order valence-electron chi connectivity index (χ4n) is 3.87. The van der Waals surface area contributed by atoms with Gasteiger partial charge in [0.15, 0.2) is 11.4 Å². The van der Waals surface area contributed by atoms with Crippen LogP contribution in [0.4, 0.5) is 20.2 Å². The van der Waals surface area contributed by atoms with Crippen molar-refractivity contribution in [3.8, 4) is 0 Å². The summed E-state index contributed by atoms with van der Waals surface area (Å²) in [7, 11) is 0. The van der Waals surface area contributed by atoms with Gasteiger partial charge in [0.05, 0.1) is 12.3 Å². The first-order valence-electron chi connectivity index (χ1n) is 10.8.